The van der Waals surface area contributed by atoms with Crippen molar-refractivity contribution in [1.82, 2.24) is 0 Å². The summed E-state index contributed by atoms with van der Waals surface area (Å²) in [5.74, 6) is 1.35. The Hall–Kier alpha value is -4.64. The summed E-state index contributed by atoms with van der Waals surface area (Å²) < 4.78 is 28.2. The third kappa shape index (κ3) is 6.63. The minimum absolute atomic E-state index is 0.0139. The van der Waals surface area contributed by atoms with Gasteiger partial charge in [-0.25, -0.2) is 4.79 Å². The number of nitrogens with two attached hydrogens (primary N) is 1. The van der Waals surface area contributed by atoms with Crippen LogP contribution in [-0.2, 0) is 4.79 Å². The van der Waals surface area contributed by atoms with Crippen LogP contribution in [0.4, 0.5) is 0 Å². The van der Waals surface area contributed by atoms with Gasteiger partial charge in [0.1, 0.15) is 28.9 Å². The summed E-state index contributed by atoms with van der Waals surface area (Å²) in [5, 5.41) is 9.90. The molecule has 8 nitrogen and oxygen atoms in total. The van der Waals surface area contributed by atoms with Gasteiger partial charge >= 0.3 is 5.97 Å². The lowest BCUT2D eigenvalue weighted by Crippen LogP contribution is -2.22. The lowest BCUT2D eigenvalue weighted by atomic mass is 9.83. The molecule has 1 atom stereocenters. The van der Waals surface area contributed by atoms with E-state index in [0.717, 1.165) is 30.4 Å². The van der Waals surface area contributed by atoms with Crippen LogP contribution in [0.25, 0.3) is 0 Å². The van der Waals surface area contributed by atoms with E-state index >= 15 is 0 Å². The lowest BCUT2D eigenvalue weighted by Gasteiger charge is -2.27. The number of fused-ring (bicyclic) bond motifs is 1. The normalized spacial score (nSPS) is 14.1. The number of carbonyl (C=O) groups is 1. The van der Waals surface area contributed by atoms with E-state index in [1.807, 2.05) is 37.3 Å². The van der Waals surface area contributed by atoms with Gasteiger partial charge in [-0.1, -0.05) is 49.6 Å². The molecule has 0 radical (unpaired) electrons. The Morgan fingerprint density at radius 1 is 1.00 bits per heavy atom. The van der Waals surface area contributed by atoms with Crippen molar-refractivity contribution >= 4 is 5.97 Å². The van der Waals surface area contributed by atoms with Crippen molar-refractivity contribution in [2.45, 2.75) is 39.0 Å². The molecule has 0 saturated carbocycles. The molecule has 8 heteroatoms. The molecule has 0 spiro atoms. The molecule has 2 N–H and O–H groups in total. The Balaban J connectivity index is 1.54. The number of nitriles is 1. The van der Waals surface area contributed by atoms with E-state index in [9.17, 15) is 10.1 Å². The van der Waals surface area contributed by atoms with Gasteiger partial charge in [-0.3, -0.25) is 0 Å². The number of ether oxygens (including phenoxy) is 5. The highest BCUT2D eigenvalue weighted by atomic mass is 16.6. The highest BCUT2D eigenvalue weighted by Gasteiger charge is 2.31. The van der Waals surface area contributed by atoms with Crippen molar-refractivity contribution in [1.29, 1.82) is 5.26 Å². The molecule has 0 amide bonds. The number of carbonyl (C=O) groups excluding carboxylic acids is 1. The Kier molecular flexibility index (Phi) is 8.95. The van der Waals surface area contributed by atoms with Crippen molar-refractivity contribution in [2.24, 2.45) is 5.73 Å². The van der Waals surface area contributed by atoms with Gasteiger partial charge in [0.25, 0.3) is 0 Å². The standard InChI is InChI=1S/C31H32N2O6/c1-4-5-6-15-36-26-14-9-21(16-28(26)35-3)30-24-13-12-23(17-27(24)39-31(33)25(30)18-32)38-29(34)19-37-22-10-7-20(2)8-11-22/h7-14,16-17,30H,4-6,15,19,33H2,1-3H3. The number of methoxy groups -OCH3 is 1. The zero-order chi connectivity index (χ0) is 27.8. The fourth-order valence-corrected chi connectivity index (χ4v) is 4.30. The quantitative estimate of drug-likeness (QED) is 0.189. The van der Waals surface area contributed by atoms with Crippen LogP contribution in [0.15, 0.2) is 72.1 Å². The van der Waals surface area contributed by atoms with Gasteiger partial charge in [0, 0.05) is 11.6 Å². The number of esters is 1. The average molecular weight is 529 g/mol. The number of hydrogen-bond donors (Lipinski definition) is 1. The van der Waals surface area contributed by atoms with E-state index in [1.54, 1.807) is 37.4 Å². The highest BCUT2D eigenvalue weighted by Crippen LogP contribution is 2.45. The Morgan fingerprint density at radius 2 is 1.77 bits per heavy atom. The summed E-state index contributed by atoms with van der Waals surface area (Å²) >= 11 is 0. The lowest BCUT2D eigenvalue weighted by molar-refractivity contribution is -0.136. The molecular weight excluding hydrogens is 496 g/mol. The monoisotopic (exact) mass is 528 g/mol. The van der Waals surface area contributed by atoms with E-state index in [-0.39, 0.29) is 23.8 Å². The second-order valence-corrected chi connectivity index (χ2v) is 9.17. The summed E-state index contributed by atoms with van der Waals surface area (Å²) in [4.78, 5) is 12.4. The Labute approximate surface area is 228 Å². The number of unbranched alkanes of at least 4 members (excludes halogenated alkanes) is 2. The van der Waals surface area contributed by atoms with Gasteiger partial charge in [-0.2, -0.15) is 5.26 Å². The fourth-order valence-electron chi connectivity index (χ4n) is 4.30. The first-order valence-corrected chi connectivity index (χ1v) is 12.9. The number of rotatable bonds is 11. The van der Waals surface area contributed by atoms with Crippen LogP contribution < -0.4 is 29.4 Å². The number of allylic oxidation sites excluding steroid dienone is 1. The molecular formula is C31H32N2O6. The summed E-state index contributed by atoms with van der Waals surface area (Å²) in [7, 11) is 1.58. The molecule has 0 saturated heterocycles. The summed E-state index contributed by atoms with van der Waals surface area (Å²) in [6.45, 7) is 4.45. The zero-order valence-electron chi connectivity index (χ0n) is 22.4. The first-order chi connectivity index (χ1) is 18.9. The van der Waals surface area contributed by atoms with Gasteiger partial charge < -0.3 is 29.4 Å². The molecule has 202 valence electrons. The van der Waals surface area contributed by atoms with Gasteiger partial charge in [-0.05, 0) is 49.2 Å². The smallest absolute Gasteiger partial charge is 0.349 e. The topological polar surface area (TPSA) is 113 Å². The molecule has 3 aromatic rings. The van der Waals surface area contributed by atoms with Crippen LogP contribution in [0.5, 0.6) is 28.7 Å². The average Bonchev–Trinajstić information content (AvgIpc) is 2.94. The minimum atomic E-state index is -0.566. The van der Waals surface area contributed by atoms with E-state index in [4.69, 9.17) is 29.4 Å². The Morgan fingerprint density at radius 3 is 2.49 bits per heavy atom. The molecule has 0 fully saturated rings. The molecule has 1 aliphatic heterocycles. The third-order valence-corrected chi connectivity index (χ3v) is 6.33. The summed E-state index contributed by atoms with van der Waals surface area (Å²) in [6, 6.07) is 20.1. The van der Waals surface area contributed by atoms with Crippen LogP contribution in [0.1, 0.15) is 48.8 Å². The Bertz CT molecular complexity index is 1390. The maximum absolute atomic E-state index is 12.4. The number of benzene rings is 3. The van der Waals surface area contributed by atoms with Crippen LogP contribution in [0, 0.1) is 18.3 Å². The molecule has 39 heavy (non-hydrogen) atoms. The fraction of sp³-hybridized carbons (Fsp3) is 0.290. The highest BCUT2D eigenvalue weighted by molar-refractivity contribution is 5.74. The molecule has 1 aliphatic rings. The first-order valence-electron chi connectivity index (χ1n) is 12.9. The van der Waals surface area contributed by atoms with E-state index in [1.165, 1.54) is 0 Å². The predicted molar refractivity (Wildman–Crippen MR) is 146 cm³/mol. The molecule has 4 rings (SSSR count). The second kappa shape index (κ2) is 12.7. The van der Waals surface area contributed by atoms with Crippen molar-refractivity contribution in [3.05, 3.63) is 88.8 Å². The zero-order valence-corrected chi connectivity index (χ0v) is 22.4. The number of hydrogen-bond acceptors (Lipinski definition) is 8. The van der Waals surface area contributed by atoms with Crippen LogP contribution in [-0.4, -0.2) is 26.3 Å². The summed E-state index contributed by atoms with van der Waals surface area (Å²) in [5.41, 5.74) is 9.01. The molecule has 0 bridgehead atoms. The second-order valence-electron chi connectivity index (χ2n) is 9.17. The van der Waals surface area contributed by atoms with Crippen LogP contribution >= 0.6 is 0 Å². The SMILES string of the molecule is CCCCCOc1ccc(C2C(C#N)=C(N)Oc3cc(OC(=O)COc4ccc(C)cc4)ccc32)cc1OC. The number of nitrogens with zero attached hydrogens (tertiary/aromatic N) is 1. The van der Waals surface area contributed by atoms with E-state index in [0.29, 0.717) is 35.2 Å². The van der Waals surface area contributed by atoms with Crippen molar-refractivity contribution in [3.63, 3.8) is 0 Å². The predicted octanol–water partition coefficient (Wildman–Crippen LogP) is 5.78. The van der Waals surface area contributed by atoms with Crippen molar-refractivity contribution in [3.8, 4) is 34.8 Å². The van der Waals surface area contributed by atoms with E-state index in [2.05, 4.69) is 13.0 Å². The third-order valence-electron chi connectivity index (χ3n) is 6.33. The van der Waals surface area contributed by atoms with E-state index < -0.39 is 11.9 Å². The van der Waals surface area contributed by atoms with Crippen molar-refractivity contribution in [2.75, 3.05) is 20.3 Å². The maximum atomic E-state index is 12.4. The van der Waals surface area contributed by atoms with Crippen LogP contribution in [0.3, 0.4) is 0 Å². The molecule has 3 aromatic carbocycles. The molecule has 1 heterocycles. The molecule has 1 unspecified atom stereocenters. The first kappa shape index (κ1) is 27.4. The van der Waals surface area contributed by atoms with Gasteiger partial charge in [-0.15, -0.1) is 0 Å². The maximum Gasteiger partial charge on any atom is 0.349 e. The largest absolute Gasteiger partial charge is 0.493 e. The number of aryl methyl sites for hydroxylation is 1. The van der Waals surface area contributed by atoms with Crippen LogP contribution in [0.2, 0.25) is 0 Å². The molecule has 0 aromatic heterocycles. The summed E-state index contributed by atoms with van der Waals surface area (Å²) in [6.07, 6.45) is 3.15. The van der Waals surface area contributed by atoms with Gasteiger partial charge in [0.15, 0.2) is 18.1 Å². The minimum Gasteiger partial charge on any atom is -0.493 e. The molecule has 0 aliphatic carbocycles. The van der Waals surface area contributed by atoms with Crippen molar-refractivity contribution < 1.29 is 28.5 Å². The van der Waals surface area contributed by atoms with Gasteiger partial charge in [0.05, 0.1) is 19.6 Å². The van der Waals surface area contributed by atoms with Gasteiger partial charge in [0.2, 0.25) is 5.88 Å².